The molecule has 15 heavy (non-hydrogen) atoms. The van der Waals surface area contributed by atoms with Gasteiger partial charge >= 0.3 is 5.97 Å². The van der Waals surface area contributed by atoms with Crippen molar-refractivity contribution in [3.05, 3.63) is 12.7 Å². The standard InChI is InChI=1S/C11H21NO3/c1-3-7-12(9-6-11(13)14)8-5-10-15-4-2/h3H,1,4-10H2,2H3,(H,13,14). The number of carboxylic acids is 1. The molecule has 0 saturated heterocycles. The number of rotatable bonds is 10. The Labute approximate surface area is 91.5 Å². The first-order valence-corrected chi connectivity index (χ1v) is 5.33. The van der Waals surface area contributed by atoms with Crippen LogP contribution in [0.4, 0.5) is 0 Å². The highest BCUT2D eigenvalue weighted by Crippen LogP contribution is 1.95. The van der Waals surface area contributed by atoms with Crippen molar-refractivity contribution in [2.24, 2.45) is 0 Å². The van der Waals surface area contributed by atoms with Crippen molar-refractivity contribution in [3.63, 3.8) is 0 Å². The summed E-state index contributed by atoms with van der Waals surface area (Å²) in [5.41, 5.74) is 0. The smallest absolute Gasteiger partial charge is 0.304 e. The highest BCUT2D eigenvalue weighted by atomic mass is 16.5. The van der Waals surface area contributed by atoms with Crippen LogP contribution in [0.3, 0.4) is 0 Å². The number of ether oxygens (including phenoxy) is 1. The fraction of sp³-hybridized carbons (Fsp3) is 0.727. The van der Waals surface area contributed by atoms with E-state index >= 15 is 0 Å². The minimum Gasteiger partial charge on any atom is -0.481 e. The predicted molar refractivity (Wildman–Crippen MR) is 60.0 cm³/mol. The highest BCUT2D eigenvalue weighted by Gasteiger charge is 2.05. The van der Waals surface area contributed by atoms with Gasteiger partial charge in [0.25, 0.3) is 0 Å². The fourth-order valence-electron chi connectivity index (χ4n) is 1.27. The summed E-state index contributed by atoms with van der Waals surface area (Å²) in [6.45, 7) is 9.25. The van der Waals surface area contributed by atoms with Crippen LogP contribution < -0.4 is 0 Å². The molecule has 88 valence electrons. The molecule has 0 aliphatic carbocycles. The van der Waals surface area contributed by atoms with E-state index in [-0.39, 0.29) is 6.42 Å². The maximum absolute atomic E-state index is 10.4. The Morgan fingerprint density at radius 1 is 1.53 bits per heavy atom. The van der Waals surface area contributed by atoms with Crippen molar-refractivity contribution in [2.45, 2.75) is 19.8 Å². The van der Waals surface area contributed by atoms with E-state index in [1.165, 1.54) is 0 Å². The number of carboxylic acid groups (broad SMARTS) is 1. The van der Waals surface area contributed by atoms with Gasteiger partial charge < -0.3 is 9.84 Å². The molecule has 0 bridgehead atoms. The van der Waals surface area contributed by atoms with Gasteiger partial charge in [0.05, 0.1) is 6.42 Å². The predicted octanol–water partition coefficient (Wildman–Crippen LogP) is 1.38. The zero-order valence-electron chi connectivity index (χ0n) is 9.45. The minimum atomic E-state index is -0.756. The molecule has 4 nitrogen and oxygen atoms in total. The minimum absolute atomic E-state index is 0.183. The van der Waals surface area contributed by atoms with Gasteiger partial charge in [0.2, 0.25) is 0 Å². The molecule has 0 unspecified atom stereocenters. The summed E-state index contributed by atoms with van der Waals surface area (Å²) in [4.78, 5) is 12.5. The Balaban J connectivity index is 3.62. The molecule has 0 heterocycles. The first-order valence-electron chi connectivity index (χ1n) is 5.33. The number of carbonyl (C=O) groups is 1. The molecule has 1 N–H and O–H groups in total. The van der Waals surface area contributed by atoms with Crippen molar-refractivity contribution in [1.82, 2.24) is 4.90 Å². The van der Waals surface area contributed by atoms with E-state index in [1.807, 2.05) is 6.92 Å². The molecule has 0 atom stereocenters. The third kappa shape index (κ3) is 9.43. The number of nitrogens with zero attached hydrogens (tertiary/aromatic N) is 1. The normalized spacial score (nSPS) is 10.5. The average Bonchev–Trinajstić information content (AvgIpc) is 2.20. The van der Waals surface area contributed by atoms with Crippen LogP contribution in [-0.2, 0) is 9.53 Å². The molecule has 0 rings (SSSR count). The van der Waals surface area contributed by atoms with Gasteiger partial charge in [0, 0.05) is 32.8 Å². The van der Waals surface area contributed by atoms with Crippen LogP contribution in [-0.4, -0.2) is 48.8 Å². The summed E-state index contributed by atoms with van der Waals surface area (Å²) in [5, 5.41) is 8.56. The van der Waals surface area contributed by atoms with E-state index < -0.39 is 5.97 Å². The lowest BCUT2D eigenvalue weighted by Gasteiger charge is -2.19. The van der Waals surface area contributed by atoms with Crippen LogP contribution in [0.1, 0.15) is 19.8 Å². The molecule has 0 aromatic carbocycles. The molecule has 0 aliphatic heterocycles. The van der Waals surface area contributed by atoms with Crippen molar-refractivity contribution in [2.75, 3.05) is 32.8 Å². The lowest BCUT2D eigenvalue weighted by atomic mass is 10.3. The molecule has 0 saturated carbocycles. The second kappa shape index (κ2) is 9.68. The van der Waals surface area contributed by atoms with Gasteiger partial charge in [0.1, 0.15) is 0 Å². The number of aliphatic carboxylic acids is 1. The highest BCUT2D eigenvalue weighted by molar-refractivity contribution is 5.66. The lowest BCUT2D eigenvalue weighted by molar-refractivity contribution is -0.137. The Morgan fingerprint density at radius 3 is 2.80 bits per heavy atom. The van der Waals surface area contributed by atoms with Crippen molar-refractivity contribution in [3.8, 4) is 0 Å². The van der Waals surface area contributed by atoms with E-state index in [9.17, 15) is 4.79 Å². The van der Waals surface area contributed by atoms with Crippen LogP contribution in [0.2, 0.25) is 0 Å². The van der Waals surface area contributed by atoms with Crippen molar-refractivity contribution < 1.29 is 14.6 Å². The second-order valence-electron chi connectivity index (χ2n) is 3.28. The van der Waals surface area contributed by atoms with Gasteiger partial charge in [0.15, 0.2) is 0 Å². The Hall–Kier alpha value is -0.870. The second-order valence-corrected chi connectivity index (χ2v) is 3.28. The van der Waals surface area contributed by atoms with E-state index in [2.05, 4.69) is 11.5 Å². The van der Waals surface area contributed by atoms with Crippen LogP contribution in [0.25, 0.3) is 0 Å². The summed E-state index contributed by atoms with van der Waals surface area (Å²) in [7, 11) is 0. The molecule has 4 heteroatoms. The molecule has 0 aromatic rings. The third-order valence-corrected chi connectivity index (χ3v) is 2.00. The molecular formula is C11H21NO3. The van der Waals surface area contributed by atoms with Crippen molar-refractivity contribution >= 4 is 5.97 Å². The first-order chi connectivity index (χ1) is 7.20. The van der Waals surface area contributed by atoms with Gasteiger partial charge in [-0.2, -0.15) is 0 Å². The van der Waals surface area contributed by atoms with E-state index in [0.29, 0.717) is 6.54 Å². The summed E-state index contributed by atoms with van der Waals surface area (Å²) in [6, 6.07) is 0. The zero-order chi connectivity index (χ0) is 11.5. The summed E-state index contributed by atoms with van der Waals surface area (Å²) in [6.07, 6.45) is 2.91. The SMILES string of the molecule is C=CCN(CCCOCC)CCC(=O)O. The third-order valence-electron chi connectivity index (χ3n) is 2.00. The van der Waals surface area contributed by atoms with E-state index in [1.54, 1.807) is 6.08 Å². The molecule has 0 spiro atoms. The van der Waals surface area contributed by atoms with E-state index in [0.717, 1.165) is 32.7 Å². The van der Waals surface area contributed by atoms with Gasteiger partial charge in [-0.05, 0) is 13.3 Å². The quantitative estimate of drug-likeness (QED) is 0.442. The Morgan fingerprint density at radius 2 is 2.27 bits per heavy atom. The molecule has 0 fully saturated rings. The lowest BCUT2D eigenvalue weighted by Crippen LogP contribution is -2.28. The number of hydrogen-bond donors (Lipinski definition) is 1. The van der Waals surface area contributed by atoms with Crippen LogP contribution in [0.5, 0.6) is 0 Å². The zero-order valence-corrected chi connectivity index (χ0v) is 9.45. The van der Waals surface area contributed by atoms with Crippen molar-refractivity contribution in [1.29, 1.82) is 0 Å². The molecular weight excluding hydrogens is 194 g/mol. The fourth-order valence-corrected chi connectivity index (χ4v) is 1.27. The van der Waals surface area contributed by atoms with Crippen LogP contribution >= 0.6 is 0 Å². The molecule has 0 amide bonds. The van der Waals surface area contributed by atoms with E-state index in [4.69, 9.17) is 9.84 Å². The largest absolute Gasteiger partial charge is 0.481 e. The van der Waals surface area contributed by atoms with Gasteiger partial charge in [-0.25, -0.2) is 0 Å². The molecule has 0 aliphatic rings. The van der Waals surface area contributed by atoms with Gasteiger partial charge in [-0.3, -0.25) is 9.69 Å². The summed E-state index contributed by atoms with van der Waals surface area (Å²) >= 11 is 0. The maximum Gasteiger partial charge on any atom is 0.304 e. The molecule has 0 radical (unpaired) electrons. The number of hydrogen-bond acceptors (Lipinski definition) is 3. The topological polar surface area (TPSA) is 49.8 Å². The summed E-state index contributed by atoms with van der Waals surface area (Å²) in [5.74, 6) is -0.756. The first kappa shape index (κ1) is 14.1. The Kier molecular flexibility index (Phi) is 9.11. The van der Waals surface area contributed by atoms with Crippen LogP contribution in [0.15, 0.2) is 12.7 Å². The maximum atomic E-state index is 10.4. The summed E-state index contributed by atoms with van der Waals surface area (Å²) < 4.78 is 5.22. The average molecular weight is 215 g/mol. The van der Waals surface area contributed by atoms with Crippen LogP contribution in [0, 0.1) is 0 Å². The monoisotopic (exact) mass is 215 g/mol. The molecule has 0 aromatic heterocycles. The van der Waals surface area contributed by atoms with Gasteiger partial charge in [-0.15, -0.1) is 6.58 Å². The van der Waals surface area contributed by atoms with Gasteiger partial charge in [-0.1, -0.05) is 6.08 Å². The Bertz CT molecular complexity index is 183.